The second-order valence-corrected chi connectivity index (χ2v) is 10.2. The lowest BCUT2D eigenvalue weighted by Crippen LogP contribution is -2.36. The Labute approximate surface area is 220 Å². The Hall–Kier alpha value is -3.19. The molecule has 1 aliphatic rings. The predicted molar refractivity (Wildman–Crippen MR) is 147 cm³/mol. The third-order valence-electron chi connectivity index (χ3n) is 6.99. The van der Waals surface area contributed by atoms with Crippen molar-refractivity contribution < 1.29 is 19.5 Å². The van der Waals surface area contributed by atoms with Gasteiger partial charge in [0.05, 0.1) is 5.57 Å². The van der Waals surface area contributed by atoms with E-state index >= 15 is 0 Å². The smallest absolute Gasteiger partial charge is 0.250 e. The van der Waals surface area contributed by atoms with Crippen LogP contribution in [0.25, 0.3) is 10.8 Å². The largest absolute Gasteiger partial charge is 0.488 e. The maximum absolute atomic E-state index is 13.2. The van der Waals surface area contributed by atoms with Crippen molar-refractivity contribution >= 4 is 28.3 Å². The van der Waals surface area contributed by atoms with Crippen molar-refractivity contribution in [3.8, 4) is 5.75 Å². The molecule has 0 heterocycles. The molecule has 4 N–H and O–H groups in total. The fraction of sp³-hybridized carbons (Fsp3) is 0.500. The molecule has 7 nitrogen and oxygen atoms in total. The number of hydrogen-bond donors (Lipinski definition) is 4. The van der Waals surface area contributed by atoms with Gasteiger partial charge in [0.2, 0.25) is 5.91 Å². The summed E-state index contributed by atoms with van der Waals surface area (Å²) in [6.45, 7) is 2.08. The third-order valence-corrected chi connectivity index (χ3v) is 6.99. The molecule has 0 bridgehead atoms. The van der Waals surface area contributed by atoms with E-state index in [1.807, 2.05) is 55.5 Å². The van der Waals surface area contributed by atoms with Crippen molar-refractivity contribution in [3.63, 3.8) is 0 Å². The molecule has 1 fully saturated rings. The lowest BCUT2D eigenvalue weighted by atomic mass is 9.85. The van der Waals surface area contributed by atoms with Crippen LogP contribution in [-0.2, 0) is 9.59 Å². The van der Waals surface area contributed by atoms with Crippen LogP contribution in [0, 0.1) is 11.3 Å². The molecule has 1 atom stereocenters. The van der Waals surface area contributed by atoms with Crippen molar-refractivity contribution in [1.29, 1.82) is 5.41 Å². The van der Waals surface area contributed by atoms with Crippen LogP contribution in [0.2, 0.25) is 0 Å². The number of unbranched alkanes of at least 4 members (excludes halogenated alkanes) is 2. The van der Waals surface area contributed by atoms with E-state index in [2.05, 4.69) is 5.32 Å². The van der Waals surface area contributed by atoms with E-state index in [9.17, 15) is 9.59 Å². The number of carbonyl (C=O) groups excluding carboxylic acids is 2. The first-order chi connectivity index (χ1) is 18.0. The number of fused-ring (bicyclic) bond motifs is 1. The SMILES string of the molecule is CC(CC(=N)CC1CCCCC1)NC(=O)/C(=C/CCCCC(=O)NO)COc1cccc2ccccc12. The lowest BCUT2D eigenvalue weighted by molar-refractivity contribution is -0.129. The lowest BCUT2D eigenvalue weighted by Gasteiger charge is -2.23. The van der Waals surface area contributed by atoms with Crippen LogP contribution >= 0.6 is 0 Å². The highest BCUT2D eigenvalue weighted by Gasteiger charge is 2.19. The molecule has 2 aromatic rings. The minimum absolute atomic E-state index is 0.128. The molecule has 7 heteroatoms. The van der Waals surface area contributed by atoms with Crippen LogP contribution in [0.15, 0.2) is 54.1 Å². The molecular weight excluding hydrogens is 466 g/mol. The first-order valence-corrected chi connectivity index (χ1v) is 13.6. The number of nitrogens with one attached hydrogen (secondary N) is 3. The molecule has 200 valence electrons. The van der Waals surface area contributed by atoms with Crippen LogP contribution in [0.5, 0.6) is 5.75 Å². The summed E-state index contributed by atoms with van der Waals surface area (Å²) in [5.74, 6) is 0.734. The highest BCUT2D eigenvalue weighted by molar-refractivity contribution is 5.94. The highest BCUT2D eigenvalue weighted by atomic mass is 16.5. The van der Waals surface area contributed by atoms with E-state index in [4.69, 9.17) is 15.4 Å². The Kier molecular flexibility index (Phi) is 11.6. The normalized spacial score (nSPS) is 15.2. The predicted octanol–water partition coefficient (Wildman–Crippen LogP) is 6.10. The zero-order chi connectivity index (χ0) is 26.5. The summed E-state index contributed by atoms with van der Waals surface area (Å²) in [6.07, 6.45) is 11.7. The Balaban J connectivity index is 1.59. The van der Waals surface area contributed by atoms with E-state index < -0.39 is 5.91 Å². The number of carbonyl (C=O) groups is 2. The average molecular weight is 508 g/mol. The van der Waals surface area contributed by atoms with Crippen LogP contribution < -0.4 is 15.5 Å². The fourth-order valence-electron chi connectivity index (χ4n) is 5.02. The van der Waals surface area contributed by atoms with Gasteiger partial charge in [0.15, 0.2) is 0 Å². The van der Waals surface area contributed by atoms with Gasteiger partial charge in [-0.3, -0.25) is 14.8 Å². The van der Waals surface area contributed by atoms with Crippen LogP contribution in [0.1, 0.15) is 77.6 Å². The summed E-state index contributed by atoms with van der Waals surface area (Å²) in [5, 5.41) is 22.2. The second kappa shape index (κ2) is 15.2. The van der Waals surface area contributed by atoms with Gasteiger partial charge >= 0.3 is 0 Å². The zero-order valence-electron chi connectivity index (χ0n) is 21.9. The van der Waals surface area contributed by atoms with Gasteiger partial charge in [0, 0.05) is 30.0 Å². The van der Waals surface area contributed by atoms with E-state index in [0.717, 1.165) is 22.9 Å². The molecule has 1 aliphatic carbocycles. The van der Waals surface area contributed by atoms with Gasteiger partial charge in [0.1, 0.15) is 12.4 Å². The van der Waals surface area contributed by atoms with Crippen molar-refractivity contribution in [1.82, 2.24) is 10.8 Å². The summed E-state index contributed by atoms with van der Waals surface area (Å²) in [4.78, 5) is 24.4. The van der Waals surface area contributed by atoms with Gasteiger partial charge in [-0.2, -0.15) is 0 Å². The summed E-state index contributed by atoms with van der Waals surface area (Å²) >= 11 is 0. The third kappa shape index (κ3) is 9.65. The molecule has 3 rings (SSSR count). The molecule has 0 saturated heterocycles. The first kappa shape index (κ1) is 28.4. The van der Waals surface area contributed by atoms with Gasteiger partial charge in [0.25, 0.3) is 5.91 Å². The fourth-order valence-corrected chi connectivity index (χ4v) is 5.02. The standard InChI is InChI=1S/C30H41N3O4/c1-22(19-26(31)20-23-11-4-2-5-12-23)32-30(35)25(14-6-3-7-18-29(34)33-36)21-37-28-17-10-15-24-13-8-9-16-27(24)28/h8-10,13-17,22-23,31,36H,2-7,11-12,18-21H2,1H3,(H,32,35)(H,33,34)/b25-14+,31-26?. The second-order valence-electron chi connectivity index (χ2n) is 10.2. The molecule has 1 unspecified atom stereocenters. The number of allylic oxidation sites excluding steroid dienone is 1. The van der Waals surface area contributed by atoms with Crippen molar-refractivity contribution in [3.05, 3.63) is 54.1 Å². The van der Waals surface area contributed by atoms with Gasteiger partial charge in [-0.1, -0.05) is 74.6 Å². The minimum Gasteiger partial charge on any atom is -0.488 e. The van der Waals surface area contributed by atoms with Crippen molar-refractivity contribution in [2.45, 2.75) is 83.6 Å². The van der Waals surface area contributed by atoms with Crippen molar-refractivity contribution in [2.24, 2.45) is 5.92 Å². The van der Waals surface area contributed by atoms with Gasteiger partial charge in [-0.05, 0) is 50.0 Å². The van der Waals surface area contributed by atoms with Crippen molar-refractivity contribution in [2.75, 3.05) is 6.61 Å². The Bertz CT molecular complexity index is 1070. The first-order valence-electron chi connectivity index (χ1n) is 13.6. The molecule has 1 saturated carbocycles. The summed E-state index contributed by atoms with van der Waals surface area (Å²) in [6, 6.07) is 13.7. The maximum atomic E-state index is 13.2. The van der Waals surface area contributed by atoms with Crippen LogP contribution in [0.4, 0.5) is 0 Å². The molecule has 2 aromatic carbocycles. The number of hydroxylamine groups is 1. The summed E-state index contributed by atoms with van der Waals surface area (Å²) in [5.41, 5.74) is 2.88. The topological polar surface area (TPSA) is 112 Å². The number of amides is 2. The average Bonchev–Trinajstić information content (AvgIpc) is 2.90. The Morgan fingerprint density at radius 2 is 1.86 bits per heavy atom. The quantitative estimate of drug-likeness (QED) is 0.0814. The molecule has 2 amide bonds. The van der Waals surface area contributed by atoms with Gasteiger partial charge < -0.3 is 15.5 Å². The van der Waals surface area contributed by atoms with Gasteiger partial charge in [-0.15, -0.1) is 0 Å². The van der Waals surface area contributed by atoms with E-state index in [1.54, 1.807) is 5.48 Å². The summed E-state index contributed by atoms with van der Waals surface area (Å²) < 4.78 is 6.11. The van der Waals surface area contributed by atoms with E-state index in [0.29, 0.717) is 42.9 Å². The minimum atomic E-state index is -0.411. The molecule has 0 aliphatic heterocycles. The number of ether oxygens (including phenoxy) is 1. The number of hydrogen-bond acceptors (Lipinski definition) is 5. The molecule has 0 radical (unpaired) electrons. The van der Waals surface area contributed by atoms with E-state index in [1.165, 1.54) is 32.1 Å². The monoisotopic (exact) mass is 507 g/mol. The van der Waals surface area contributed by atoms with Gasteiger partial charge in [-0.25, -0.2) is 5.48 Å². The molecule has 0 spiro atoms. The Morgan fingerprint density at radius 3 is 2.65 bits per heavy atom. The maximum Gasteiger partial charge on any atom is 0.250 e. The molecule has 0 aromatic heterocycles. The van der Waals surface area contributed by atoms with Crippen LogP contribution in [-0.4, -0.2) is 35.4 Å². The zero-order valence-corrected chi connectivity index (χ0v) is 21.9. The Morgan fingerprint density at radius 1 is 1.11 bits per heavy atom. The molecular formula is C30H41N3O4. The number of rotatable bonds is 14. The van der Waals surface area contributed by atoms with Crippen LogP contribution in [0.3, 0.4) is 0 Å². The summed E-state index contributed by atoms with van der Waals surface area (Å²) in [7, 11) is 0. The molecule has 37 heavy (non-hydrogen) atoms. The van der Waals surface area contributed by atoms with E-state index in [-0.39, 0.29) is 25.0 Å². The highest BCUT2D eigenvalue weighted by Crippen LogP contribution is 2.27. The number of benzene rings is 2.